The van der Waals surface area contributed by atoms with E-state index in [2.05, 4.69) is 24.1 Å². The lowest BCUT2D eigenvalue weighted by molar-refractivity contribution is -0.385. The summed E-state index contributed by atoms with van der Waals surface area (Å²) in [5.74, 6) is 1.15. The summed E-state index contributed by atoms with van der Waals surface area (Å²) in [5, 5.41) is 14.4. The van der Waals surface area contributed by atoms with Gasteiger partial charge in [-0.05, 0) is 25.9 Å². The molecule has 1 unspecified atom stereocenters. The molecule has 2 heterocycles. The average Bonchev–Trinajstić information content (AvgIpc) is 2.79. The molecule has 8 heteroatoms. The van der Waals surface area contributed by atoms with Crippen LogP contribution < -0.4 is 0 Å². The molecule has 108 valence electrons. The number of carbonyl (C=O) groups excluding carboxylic acids is 1. The summed E-state index contributed by atoms with van der Waals surface area (Å²) in [4.78, 5) is 26.2. The van der Waals surface area contributed by atoms with Crippen LogP contribution in [0.2, 0.25) is 0 Å². The van der Waals surface area contributed by atoms with E-state index in [-0.39, 0.29) is 18.1 Å². The fourth-order valence-corrected chi connectivity index (χ4v) is 3.24. The molecule has 2 aliphatic rings. The van der Waals surface area contributed by atoms with Gasteiger partial charge in [0.15, 0.2) is 0 Å². The molecule has 3 rings (SSSR count). The number of carbonyl (C=O) groups is 1. The first-order chi connectivity index (χ1) is 9.47. The first kappa shape index (κ1) is 13.0. The molecule has 1 aromatic heterocycles. The molecule has 1 aliphatic carbocycles. The van der Waals surface area contributed by atoms with Crippen LogP contribution in [-0.4, -0.2) is 63.6 Å². The Labute approximate surface area is 116 Å². The van der Waals surface area contributed by atoms with Crippen LogP contribution in [0.4, 0.5) is 5.69 Å². The van der Waals surface area contributed by atoms with Gasteiger partial charge in [0.25, 0.3) is 0 Å². The van der Waals surface area contributed by atoms with Gasteiger partial charge in [0.2, 0.25) is 5.91 Å². The maximum Gasteiger partial charge on any atom is 0.307 e. The van der Waals surface area contributed by atoms with Crippen molar-refractivity contribution in [3.05, 3.63) is 22.5 Å². The lowest BCUT2D eigenvalue weighted by Gasteiger charge is -2.22. The summed E-state index contributed by atoms with van der Waals surface area (Å²) in [6.07, 6.45) is 2.45. The van der Waals surface area contributed by atoms with Gasteiger partial charge < -0.3 is 9.80 Å². The molecule has 0 bridgehead atoms. The molecular formula is C12H17N5O3. The largest absolute Gasteiger partial charge is 0.340 e. The molecule has 2 fully saturated rings. The molecule has 1 saturated carbocycles. The van der Waals surface area contributed by atoms with Gasteiger partial charge in [-0.1, -0.05) is 0 Å². The van der Waals surface area contributed by atoms with Crippen molar-refractivity contribution >= 4 is 11.6 Å². The second kappa shape index (κ2) is 4.55. The number of fused-ring (bicyclic) bond motifs is 1. The summed E-state index contributed by atoms with van der Waals surface area (Å²) in [6.45, 7) is 1.64. The smallest absolute Gasteiger partial charge is 0.307 e. The zero-order valence-corrected chi connectivity index (χ0v) is 11.5. The third-order valence-electron chi connectivity index (χ3n) is 4.23. The molecule has 1 aliphatic heterocycles. The Kier molecular flexibility index (Phi) is 2.97. The third-order valence-corrected chi connectivity index (χ3v) is 4.23. The monoisotopic (exact) mass is 279 g/mol. The first-order valence-corrected chi connectivity index (χ1v) is 6.58. The number of piperidine rings is 1. The maximum absolute atomic E-state index is 12.1. The molecule has 3 atom stereocenters. The van der Waals surface area contributed by atoms with E-state index in [1.54, 1.807) is 0 Å². The van der Waals surface area contributed by atoms with Crippen molar-refractivity contribution in [3.8, 4) is 0 Å². The van der Waals surface area contributed by atoms with Gasteiger partial charge in [-0.2, -0.15) is 5.10 Å². The predicted molar refractivity (Wildman–Crippen MR) is 69.9 cm³/mol. The zero-order valence-electron chi connectivity index (χ0n) is 11.5. The normalized spacial score (nSPS) is 27.8. The minimum absolute atomic E-state index is 0.0206. The predicted octanol–water partition coefficient (Wildman–Crippen LogP) is -0.190. The van der Waals surface area contributed by atoms with Gasteiger partial charge in [0.05, 0.1) is 4.92 Å². The molecule has 20 heavy (non-hydrogen) atoms. The Bertz CT molecular complexity index is 543. The van der Waals surface area contributed by atoms with Crippen molar-refractivity contribution in [2.75, 3.05) is 27.2 Å². The summed E-state index contributed by atoms with van der Waals surface area (Å²) >= 11 is 0. The molecule has 0 spiro atoms. The second-order valence-electron chi connectivity index (χ2n) is 5.73. The minimum atomic E-state index is -0.513. The number of amides is 1. The van der Waals surface area contributed by atoms with Gasteiger partial charge in [-0.25, -0.2) is 0 Å². The molecule has 8 nitrogen and oxygen atoms in total. The van der Waals surface area contributed by atoms with E-state index in [0.29, 0.717) is 17.9 Å². The quantitative estimate of drug-likeness (QED) is 0.563. The standard InChI is InChI=1S/C12H17N5O3/c1-14(2)12-9-5-15(6-10(9)12)11(18)7-16-4-8(3-13-16)17(19)20/h3-4,9-10,12H,5-7H2,1-2H3/t9-,10+,12?. The van der Waals surface area contributed by atoms with Gasteiger partial charge in [0.1, 0.15) is 18.9 Å². The second-order valence-corrected chi connectivity index (χ2v) is 5.73. The van der Waals surface area contributed by atoms with Crippen molar-refractivity contribution in [3.63, 3.8) is 0 Å². The number of hydrogen-bond acceptors (Lipinski definition) is 5. The fourth-order valence-electron chi connectivity index (χ4n) is 3.24. The Morgan fingerprint density at radius 3 is 2.65 bits per heavy atom. The van der Waals surface area contributed by atoms with Crippen molar-refractivity contribution in [2.24, 2.45) is 11.8 Å². The highest BCUT2D eigenvalue weighted by molar-refractivity contribution is 5.76. The van der Waals surface area contributed by atoms with Crippen molar-refractivity contribution in [2.45, 2.75) is 12.6 Å². The van der Waals surface area contributed by atoms with Crippen molar-refractivity contribution < 1.29 is 9.72 Å². The molecule has 1 amide bonds. The highest BCUT2D eigenvalue weighted by Crippen LogP contribution is 2.47. The summed E-state index contributed by atoms with van der Waals surface area (Å²) < 4.78 is 1.33. The van der Waals surface area contributed by atoms with Crippen LogP contribution in [0.3, 0.4) is 0 Å². The lowest BCUT2D eigenvalue weighted by Crippen LogP contribution is -2.37. The Balaban J connectivity index is 1.55. The van der Waals surface area contributed by atoms with E-state index >= 15 is 0 Å². The molecule has 0 N–H and O–H groups in total. The first-order valence-electron chi connectivity index (χ1n) is 6.58. The Hall–Kier alpha value is -1.96. The van der Waals surface area contributed by atoms with E-state index in [4.69, 9.17) is 0 Å². The van der Waals surface area contributed by atoms with Crippen molar-refractivity contribution in [1.29, 1.82) is 0 Å². The molecular weight excluding hydrogens is 262 g/mol. The number of hydrogen-bond donors (Lipinski definition) is 0. The molecule has 1 aromatic rings. The number of likely N-dealkylation sites (tertiary alicyclic amines) is 1. The zero-order chi connectivity index (χ0) is 14.4. The summed E-state index contributed by atoms with van der Waals surface area (Å²) in [6, 6.07) is 0.602. The highest BCUT2D eigenvalue weighted by atomic mass is 16.6. The fraction of sp³-hybridized carbons (Fsp3) is 0.667. The third kappa shape index (κ3) is 2.15. The van der Waals surface area contributed by atoms with Crippen LogP contribution in [-0.2, 0) is 11.3 Å². The highest BCUT2D eigenvalue weighted by Gasteiger charge is 2.57. The van der Waals surface area contributed by atoms with E-state index < -0.39 is 4.92 Å². The number of nitrogens with zero attached hydrogens (tertiary/aromatic N) is 5. The van der Waals surface area contributed by atoms with Gasteiger partial charge in [-0.15, -0.1) is 0 Å². The Morgan fingerprint density at radius 1 is 1.50 bits per heavy atom. The van der Waals surface area contributed by atoms with Crippen LogP contribution in [0.15, 0.2) is 12.4 Å². The van der Waals surface area contributed by atoms with Crippen molar-refractivity contribution in [1.82, 2.24) is 19.6 Å². The van der Waals surface area contributed by atoms with E-state index in [0.717, 1.165) is 19.3 Å². The van der Waals surface area contributed by atoms with Crippen LogP contribution in [0, 0.1) is 22.0 Å². The average molecular weight is 279 g/mol. The van der Waals surface area contributed by atoms with Crippen LogP contribution in [0.1, 0.15) is 0 Å². The van der Waals surface area contributed by atoms with Gasteiger partial charge in [0, 0.05) is 19.1 Å². The Morgan fingerprint density at radius 2 is 2.15 bits per heavy atom. The SMILES string of the molecule is CN(C)C1[C@H]2CN(C(=O)Cn3cc([N+](=O)[O-])cn3)C[C@@H]12. The molecule has 1 saturated heterocycles. The summed E-state index contributed by atoms with van der Waals surface area (Å²) in [5.41, 5.74) is -0.0882. The number of rotatable bonds is 4. The van der Waals surface area contributed by atoms with Gasteiger partial charge in [-0.3, -0.25) is 19.6 Å². The summed E-state index contributed by atoms with van der Waals surface area (Å²) in [7, 11) is 4.13. The van der Waals surface area contributed by atoms with Crippen LogP contribution >= 0.6 is 0 Å². The topological polar surface area (TPSA) is 84.5 Å². The maximum atomic E-state index is 12.1. The number of nitro groups is 1. The van der Waals surface area contributed by atoms with E-state index in [1.807, 2.05) is 4.90 Å². The van der Waals surface area contributed by atoms with Gasteiger partial charge >= 0.3 is 5.69 Å². The number of aromatic nitrogens is 2. The van der Waals surface area contributed by atoms with Crippen LogP contribution in [0.25, 0.3) is 0 Å². The van der Waals surface area contributed by atoms with E-state index in [9.17, 15) is 14.9 Å². The van der Waals surface area contributed by atoms with Crippen LogP contribution in [0.5, 0.6) is 0 Å². The van der Waals surface area contributed by atoms with E-state index in [1.165, 1.54) is 10.9 Å². The molecule has 0 radical (unpaired) electrons. The lowest BCUT2D eigenvalue weighted by atomic mass is 10.3. The minimum Gasteiger partial charge on any atom is -0.340 e. The molecule has 0 aromatic carbocycles.